The predicted molar refractivity (Wildman–Crippen MR) is 164 cm³/mol. The largest absolute Gasteiger partial charge is 0.310 e. The first-order valence-electron chi connectivity index (χ1n) is 13.9. The molecule has 0 N–H and O–H groups in total. The number of allylic oxidation sites excluding steroid dienone is 7. The third-order valence-corrected chi connectivity index (χ3v) is 8.77. The summed E-state index contributed by atoms with van der Waals surface area (Å²) in [6, 6.07) is 35.4. The topological polar surface area (TPSA) is 9.86 Å². The molecule has 0 unspecified atom stereocenters. The quantitative estimate of drug-likeness (QED) is 0.230. The number of nitrogens with zero attached hydrogens (tertiary/aromatic N) is 2. The first kappa shape index (κ1) is 21.2. The summed E-state index contributed by atoms with van der Waals surface area (Å²) in [4.78, 5) is 0. The number of aryl methyl sites for hydroxylation is 1. The van der Waals surface area contributed by atoms with Crippen molar-refractivity contribution >= 4 is 50.1 Å². The maximum atomic E-state index is 2.46. The highest BCUT2D eigenvalue weighted by Crippen LogP contribution is 2.52. The zero-order chi connectivity index (χ0) is 25.5. The van der Waals surface area contributed by atoms with Gasteiger partial charge < -0.3 is 9.13 Å². The van der Waals surface area contributed by atoms with Crippen LogP contribution in [0.4, 0.5) is 0 Å². The molecule has 0 fully saturated rings. The molecule has 0 aliphatic heterocycles. The molecule has 9 rings (SSSR count). The molecule has 3 aliphatic carbocycles. The van der Waals surface area contributed by atoms with Gasteiger partial charge in [-0.2, -0.15) is 0 Å². The van der Waals surface area contributed by atoms with E-state index in [0.717, 1.165) is 12.8 Å². The summed E-state index contributed by atoms with van der Waals surface area (Å²) < 4.78 is 4.85. The highest BCUT2D eigenvalue weighted by molar-refractivity contribution is 6.09. The molecule has 0 bridgehead atoms. The van der Waals surface area contributed by atoms with Gasteiger partial charge >= 0.3 is 0 Å². The average Bonchev–Trinajstić information content (AvgIpc) is 3.48. The highest BCUT2D eigenvalue weighted by atomic mass is 15.0. The van der Waals surface area contributed by atoms with Gasteiger partial charge in [-0.05, 0) is 83.7 Å². The van der Waals surface area contributed by atoms with Crippen molar-refractivity contribution in [1.82, 2.24) is 9.13 Å². The van der Waals surface area contributed by atoms with Crippen molar-refractivity contribution in [1.29, 1.82) is 0 Å². The van der Waals surface area contributed by atoms with Crippen LogP contribution in [-0.4, -0.2) is 9.13 Å². The van der Waals surface area contributed by atoms with E-state index in [-0.39, 0.29) is 0 Å². The Kier molecular flexibility index (Phi) is 4.25. The smallest absolute Gasteiger partial charge is 0.0541 e. The van der Waals surface area contributed by atoms with Crippen LogP contribution in [-0.2, 0) is 6.42 Å². The lowest BCUT2D eigenvalue weighted by Crippen LogP contribution is -2.02. The molecule has 6 aromatic rings. The van der Waals surface area contributed by atoms with E-state index >= 15 is 0 Å². The highest BCUT2D eigenvalue weighted by Gasteiger charge is 2.36. The average molecular weight is 499 g/mol. The number of rotatable bonds is 3. The molecule has 1 atom stereocenters. The zero-order valence-electron chi connectivity index (χ0n) is 21.5. The van der Waals surface area contributed by atoms with Gasteiger partial charge in [-0.15, -0.1) is 0 Å². The van der Waals surface area contributed by atoms with E-state index in [1.165, 1.54) is 72.1 Å². The molecule has 2 nitrogen and oxygen atoms in total. The Morgan fingerprint density at radius 2 is 1.26 bits per heavy atom. The minimum Gasteiger partial charge on any atom is -0.310 e. The van der Waals surface area contributed by atoms with Gasteiger partial charge in [0.1, 0.15) is 0 Å². The Hall–Kier alpha value is -4.82. The fraction of sp³-hybridized carbons (Fsp3) is 0.0811. The molecule has 2 heterocycles. The first-order chi connectivity index (χ1) is 19.4. The van der Waals surface area contributed by atoms with Crippen LogP contribution >= 0.6 is 0 Å². The van der Waals surface area contributed by atoms with E-state index in [2.05, 4.69) is 137 Å². The van der Waals surface area contributed by atoms with Crippen molar-refractivity contribution in [2.24, 2.45) is 5.92 Å². The second kappa shape index (κ2) is 7.85. The fourth-order valence-corrected chi connectivity index (χ4v) is 6.97. The Morgan fingerprint density at radius 1 is 0.615 bits per heavy atom. The number of para-hydroxylation sites is 3. The lowest BCUT2D eigenvalue weighted by atomic mass is 10.0. The van der Waals surface area contributed by atoms with E-state index in [1.54, 1.807) is 0 Å². The molecule has 0 spiro atoms. The van der Waals surface area contributed by atoms with Crippen LogP contribution < -0.4 is 0 Å². The summed E-state index contributed by atoms with van der Waals surface area (Å²) in [5.41, 5.74) is 13.3. The summed E-state index contributed by atoms with van der Waals surface area (Å²) >= 11 is 0. The van der Waals surface area contributed by atoms with Crippen LogP contribution in [0.1, 0.15) is 23.2 Å². The second-order valence-electron chi connectivity index (χ2n) is 10.8. The third kappa shape index (κ3) is 2.97. The normalized spacial score (nSPS) is 17.6. The lowest BCUT2D eigenvalue weighted by molar-refractivity contribution is 0.973. The number of fused-ring (bicyclic) bond motifs is 7. The van der Waals surface area contributed by atoms with Crippen molar-refractivity contribution in [3.8, 4) is 5.69 Å². The van der Waals surface area contributed by atoms with Gasteiger partial charge in [0.2, 0.25) is 0 Å². The molecule has 4 aromatic carbocycles. The molecule has 184 valence electrons. The van der Waals surface area contributed by atoms with Gasteiger partial charge in [0, 0.05) is 39.2 Å². The van der Waals surface area contributed by atoms with Crippen LogP contribution in [0.3, 0.4) is 0 Å². The van der Waals surface area contributed by atoms with Gasteiger partial charge in [-0.25, -0.2) is 0 Å². The maximum Gasteiger partial charge on any atom is 0.0541 e. The minimum absolute atomic E-state index is 0.432. The van der Waals surface area contributed by atoms with E-state index < -0.39 is 0 Å². The van der Waals surface area contributed by atoms with Gasteiger partial charge in [0.15, 0.2) is 0 Å². The summed E-state index contributed by atoms with van der Waals surface area (Å²) in [5, 5.41) is 3.99. The van der Waals surface area contributed by atoms with E-state index in [1.807, 2.05) is 0 Å². The van der Waals surface area contributed by atoms with Crippen molar-refractivity contribution in [2.75, 3.05) is 0 Å². The third-order valence-electron chi connectivity index (χ3n) is 8.77. The van der Waals surface area contributed by atoms with Crippen molar-refractivity contribution in [3.05, 3.63) is 144 Å². The molecule has 0 saturated heterocycles. The van der Waals surface area contributed by atoms with Crippen molar-refractivity contribution < 1.29 is 0 Å². The molecular weight excluding hydrogens is 472 g/mol. The van der Waals surface area contributed by atoms with Crippen molar-refractivity contribution in [2.45, 2.75) is 12.8 Å². The lowest BCUT2D eigenvalue weighted by Gasteiger charge is -2.14. The summed E-state index contributed by atoms with van der Waals surface area (Å²) in [6.45, 7) is 0. The van der Waals surface area contributed by atoms with E-state index in [9.17, 15) is 0 Å². The molecule has 0 saturated carbocycles. The Morgan fingerprint density at radius 3 is 1.97 bits per heavy atom. The molecule has 0 radical (unpaired) electrons. The van der Waals surface area contributed by atoms with Crippen molar-refractivity contribution in [3.63, 3.8) is 0 Å². The van der Waals surface area contributed by atoms with Crippen LogP contribution in [0.2, 0.25) is 0 Å². The SMILES string of the molecule is C1=Cc2c(c3ccccc3n2C2=CC3=C(c4ccc(-n5c6ccccc6c6ccccc65)cc4)[C@@H]3C=C2)CC1. The summed E-state index contributed by atoms with van der Waals surface area (Å²) in [6.07, 6.45) is 14.0. The summed E-state index contributed by atoms with van der Waals surface area (Å²) in [5.74, 6) is 0.432. The standard InChI is InChI=1S/C37H26N2/c1-5-13-33-27(9-1)28-10-2-6-14-34(28)38(33)25-19-17-24(18-20-25)37-31-22-21-26(23-32(31)37)39-35-15-7-3-11-29(35)30-12-4-8-16-36(30)39/h1-3,5-11,13-23,31H,4,12H2/t31-/m1/s1. The number of hydrogen-bond donors (Lipinski definition) is 0. The van der Waals surface area contributed by atoms with E-state index in [4.69, 9.17) is 0 Å². The van der Waals surface area contributed by atoms with Crippen LogP contribution in [0.25, 0.3) is 55.7 Å². The monoisotopic (exact) mass is 498 g/mol. The zero-order valence-corrected chi connectivity index (χ0v) is 21.5. The second-order valence-corrected chi connectivity index (χ2v) is 10.8. The van der Waals surface area contributed by atoms with Gasteiger partial charge in [0.25, 0.3) is 0 Å². The van der Waals surface area contributed by atoms with Gasteiger partial charge in [-0.3, -0.25) is 0 Å². The molecule has 0 amide bonds. The number of benzene rings is 4. The number of hydrogen-bond acceptors (Lipinski definition) is 0. The van der Waals surface area contributed by atoms with Crippen LogP contribution in [0, 0.1) is 5.92 Å². The Bertz CT molecular complexity index is 2050. The Balaban J connectivity index is 1.12. The van der Waals surface area contributed by atoms with E-state index in [0.29, 0.717) is 5.92 Å². The molecule has 2 heteroatoms. The molecule has 39 heavy (non-hydrogen) atoms. The predicted octanol–water partition coefficient (Wildman–Crippen LogP) is 9.19. The molecule has 3 aliphatic rings. The number of aromatic nitrogens is 2. The van der Waals surface area contributed by atoms with Gasteiger partial charge in [0.05, 0.1) is 16.6 Å². The minimum atomic E-state index is 0.432. The first-order valence-corrected chi connectivity index (χ1v) is 13.9. The van der Waals surface area contributed by atoms with Gasteiger partial charge in [-0.1, -0.05) is 78.9 Å². The summed E-state index contributed by atoms with van der Waals surface area (Å²) in [7, 11) is 0. The van der Waals surface area contributed by atoms with Crippen LogP contribution in [0.5, 0.6) is 0 Å². The Labute approximate surface area is 227 Å². The molecular formula is C37H26N2. The maximum absolute atomic E-state index is 2.46. The van der Waals surface area contributed by atoms with Crippen LogP contribution in [0.15, 0.2) is 127 Å². The fourth-order valence-electron chi connectivity index (χ4n) is 6.97. The molecule has 2 aromatic heterocycles.